The van der Waals surface area contributed by atoms with Gasteiger partial charge >= 0.3 is 0 Å². The quantitative estimate of drug-likeness (QED) is 0.862. The van der Waals surface area contributed by atoms with Crippen LogP contribution in [0.1, 0.15) is 0 Å². The van der Waals surface area contributed by atoms with E-state index >= 15 is 0 Å². The van der Waals surface area contributed by atoms with E-state index in [4.69, 9.17) is 26.4 Å². The molecule has 1 aliphatic rings. The molecule has 19 heavy (non-hydrogen) atoms. The molecule has 6 nitrogen and oxygen atoms in total. The van der Waals surface area contributed by atoms with Crippen molar-refractivity contribution in [3.05, 3.63) is 27.3 Å². The summed E-state index contributed by atoms with van der Waals surface area (Å²) < 4.78 is 17.4. The molecular weight excluding hydrogens is 268 g/mol. The molecule has 1 aromatic carbocycles. The number of fused-ring (bicyclic) bond motifs is 2. The molecule has 3 rings (SSSR count). The van der Waals surface area contributed by atoms with Crippen LogP contribution in [0.3, 0.4) is 0 Å². The molecule has 100 valence electrons. The fourth-order valence-corrected chi connectivity index (χ4v) is 2.31. The second-order valence-electron chi connectivity index (χ2n) is 4.13. The third-order valence-electron chi connectivity index (χ3n) is 2.99. The largest absolute Gasteiger partial charge is 0.454 e. The predicted octanol–water partition coefficient (Wildman–Crippen LogP) is 1.43. The highest BCUT2D eigenvalue weighted by molar-refractivity contribution is 7.71. The molecule has 1 N–H and O–H groups in total. The maximum absolute atomic E-state index is 12.4. The van der Waals surface area contributed by atoms with Gasteiger partial charge in [-0.15, -0.1) is 0 Å². The maximum atomic E-state index is 12.4. The van der Waals surface area contributed by atoms with Gasteiger partial charge in [0.15, 0.2) is 16.3 Å². The monoisotopic (exact) mass is 280 g/mol. The Hall–Kier alpha value is -1.86. The molecule has 0 saturated carbocycles. The van der Waals surface area contributed by atoms with Crippen molar-refractivity contribution in [2.45, 2.75) is 6.54 Å². The zero-order chi connectivity index (χ0) is 13.4. The lowest BCUT2D eigenvalue weighted by molar-refractivity contribution is 0.174. The SMILES string of the molecule is COCCn1c(=S)[nH]c2cc3c(cc2c1=O)OCO3. The molecule has 0 spiro atoms. The Morgan fingerprint density at radius 1 is 1.42 bits per heavy atom. The zero-order valence-electron chi connectivity index (χ0n) is 10.3. The number of aromatic amines is 1. The minimum atomic E-state index is -0.158. The first-order valence-electron chi connectivity index (χ1n) is 5.76. The summed E-state index contributed by atoms with van der Waals surface area (Å²) in [5, 5.41) is 0.522. The van der Waals surface area contributed by atoms with Gasteiger partial charge in [-0.3, -0.25) is 9.36 Å². The van der Waals surface area contributed by atoms with Crippen molar-refractivity contribution >= 4 is 23.1 Å². The van der Waals surface area contributed by atoms with E-state index < -0.39 is 0 Å². The van der Waals surface area contributed by atoms with Crippen LogP contribution < -0.4 is 15.0 Å². The number of hydrogen-bond acceptors (Lipinski definition) is 5. The molecule has 0 saturated heterocycles. The second kappa shape index (κ2) is 4.67. The lowest BCUT2D eigenvalue weighted by atomic mass is 10.2. The van der Waals surface area contributed by atoms with Crippen LogP contribution in [0.15, 0.2) is 16.9 Å². The van der Waals surface area contributed by atoms with E-state index in [1.165, 1.54) is 4.57 Å². The molecule has 0 fully saturated rings. The number of hydrogen-bond donors (Lipinski definition) is 1. The van der Waals surface area contributed by atoms with Crippen molar-refractivity contribution in [1.29, 1.82) is 0 Å². The summed E-state index contributed by atoms with van der Waals surface area (Å²) in [4.78, 5) is 15.4. The number of nitrogens with one attached hydrogen (secondary N) is 1. The minimum Gasteiger partial charge on any atom is -0.454 e. The van der Waals surface area contributed by atoms with E-state index in [0.29, 0.717) is 40.3 Å². The zero-order valence-corrected chi connectivity index (χ0v) is 11.1. The molecule has 1 aromatic heterocycles. The van der Waals surface area contributed by atoms with Crippen LogP contribution in [0.5, 0.6) is 11.5 Å². The van der Waals surface area contributed by atoms with Gasteiger partial charge in [-0.2, -0.15) is 0 Å². The van der Waals surface area contributed by atoms with Crippen molar-refractivity contribution in [2.24, 2.45) is 0 Å². The average molecular weight is 280 g/mol. The van der Waals surface area contributed by atoms with Gasteiger partial charge in [0.2, 0.25) is 6.79 Å². The fourth-order valence-electron chi connectivity index (χ4n) is 2.03. The Labute approximate surface area is 113 Å². The number of rotatable bonds is 3. The van der Waals surface area contributed by atoms with Crippen molar-refractivity contribution in [2.75, 3.05) is 20.5 Å². The van der Waals surface area contributed by atoms with Gasteiger partial charge in [-0.1, -0.05) is 0 Å². The molecule has 1 aliphatic heterocycles. The van der Waals surface area contributed by atoms with E-state index in [-0.39, 0.29) is 12.4 Å². The Morgan fingerprint density at radius 3 is 2.89 bits per heavy atom. The van der Waals surface area contributed by atoms with Gasteiger partial charge < -0.3 is 19.2 Å². The molecule has 0 unspecified atom stereocenters. The van der Waals surface area contributed by atoms with E-state index in [1.54, 1.807) is 19.2 Å². The summed E-state index contributed by atoms with van der Waals surface area (Å²) in [6.45, 7) is 1.01. The molecule has 0 amide bonds. The Kier molecular flexibility index (Phi) is 3.00. The summed E-state index contributed by atoms with van der Waals surface area (Å²) in [5.41, 5.74) is 0.488. The lowest BCUT2D eigenvalue weighted by Gasteiger charge is -2.08. The number of benzene rings is 1. The molecule has 0 aliphatic carbocycles. The summed E-state index contributed by atoms with van der Waals surface area (Å²) in [6.07, 6.45) is 0. The number of methoxy groups -OCH3 is 1. The highest BCUT2D eigenvalue weighted by atomic mass is 32.1. The highest BCUT2D eigenvalue weighted by Gasteiger charge is 2.16. The van der Waals surface area contributed by atoms with E-state index in [0.717, 1.165) is 0 Å². The Bertz CT molecular complexity index is 750. The van der Waals surface area contributed by atoms with Crippen LogP contribution >= 0.6 is 12.2 Å². The summed E-state index contributed by atoms with van der Waals surface area (Å²) in [7, 11) is 1.58. The topological polar surface area (TPSA) is 65.5 Å². The molecular formula is C12H12N2O4S. The van der Waals surface area contributed by atoms with Gasteiger partial charge in [0.1, 0.15) is 0 Å². The predicted molar refractivity (Wildman–Crippen MR) is 71.4 cm³/mol. The molecule has 7 heteroatoms. The smallest absolute Gasteiger partial charge is 0.262 e. The van der Waals surface area contributed by atoms with Gasteiger partial charge in [0, 0.05) is 13.2 Å². The number of ether oxygens (including phenoxy) is 3. The van der Waals surface area contributed by atoms with Crippen LogP contribution in [-0.4, -0.2) is 30.1 Å². The first kappa shape index (κ1) is 12.2. The normalized spacial score (nSPS) is 13.1. The third-order valence-corrected chi connectivity index (χ3v) is 3.32. The summed E-state index contributed by atoms with van der Waals surface area (Å²) >= 11 is 5.19. The average Bonchev–Trinajstić information content (AvgIpc) is 2.84. The van der Waals surface area contributed by atoms with E-state index in [2.05, 4.69) is 4.98 Å². The summed E-state index contributed by atoms with van der Waals surface area (Å²) in [5.74, 6) is 1.20. The van der Waals surface area contributed by atoms with Gasteiger partial charge in [0.05, 0.1) is 24.1 Å². The van der Waals surface area contributed by atoms with Gasteiger partial charge in [0.25, 0.3) is 5.56 Å². The summed E-state index contributed by atoms with van der Waals surface area (Å²) in [6, 6.07) is 3.41. The van der Waals surface area contributed by atoms with Crippen LogP contribution in [0, 0.1) is 4.77 Å². The van der Waals surface area contributed by atoms with Crippen LogP contribution in [-0.2, 0) is 11.3 Å². The van der Waals surface area contributed by atoms with Crippen LogP contribution in [0.2, 0.25) is 0 Å². The molecule has 0 bridgehead atoms. The lowest BCUT2D eigenvalue weighted by Crippen LogP contribution is -2.24. The first-order valence-corrected chi connectivity index (χ1v) is 6.17. The highest BCUT2D eigenvalue weighted by Crippen LogP contribution is 2.34. The number of H-pyrrole nitrogens is 1. The maximum Gasteiger partial charge on any atom is 0.262 e. The Balaban J connectivity index is 2.23. The standard InChI is InChI=1S/C12H12N2O4S/c1-16-3-2-14-11(15)7-4-9-10(18-6-17-9)5-8(7)13-12(14)19/h4-5H,2-3,6H2,1H3,(H,13,19). The van der Waals surface area contributed by atoms with Crippen molar-refractivity contribution in [3.8, 4) is 11.5 Å². The second-order valence-corrected chi connectivity index (χ2v) is 4.52. The van der Waals surface area contributed by atoms with Crippen LogP contribution in [0.25, 0.3) is 10.9 Å². The van der Waals surface area contributed by atoms with E-state index in [9.17, 15) is 4.79 Å². The van der Waals surface area contributed by atoms with Gasteiger partial charge in [-0.25, -0.2) is 0 Å². The minimum absolute atomic E-state index is 0.158. The third kappa shape index (κ3) is 2.00. The molecule has 2 heterocycles. The first-order chi connectivity index (χ1) is 9.20. The molecule has 0 atom stereocenters. The molecule has 2 aromatic rings. The fraction of sp³-hybridized carbons (Fsp3) is 0.333. The van der Waals surface area contributed by atoms with Crippen LogP contribution in [0.4, 0.5) is 0 Å². The van der Waals surface area contributed by atoms with Crippen molar-refractivity contribution < 1.29 is 14.2 Å². The van der Waals surface area contributed by atoms with Gasteiger partial charge in [-0.05, 0) is 18.3 Å². The Morgan fingerprint density at radius 2 is 2.16 bits per heavy atom. The number of aromatic nitrogens is 2. The van der Waals surface area contributed by atoms with Crippen molar-refractivity contribution in [3.63, 3.8) is 0 Å². The molecule has 0 radical (unpaired) electrons. The van der Waals surface area contributed by atoms with E-state index in [1.807, 2.05) is 0 Å². The number of nitrogens with zero attached hydrogens (tertiary/aromatic N) is 1. The van der Waals surface area contributed by atoms with Crippen molar-refractivity contribution in [1.82, 2.24) is 9.55 Å².